The lowest BCUT2D eigenvalue weighted by Gasteiger charge is -2.38. The summed E-state index contributed by atoms with van der Waals surface area (Å²) in [6, 6.07) is 10.6. The second kappa shape index (κ2) is 6.67. The predicted molar refractivity (Wildman–Crippen MR) is 79.2 cm³/mol. The van der Waals surface area contributed by atoms with Gasteiger partial charge in [-0.3, -0.25) is 4.79 Å². The molecule has 1 aliphatic carbocycles. The van der Waals surface area contributed by atoms with Gasteiger partial charge in [-0.05, 0) is 37.8 Å². The highest BCUT2D eigenvalue weighted by atomic mass is 16.1. The molecule has 0 aliphatic heterocycles. The average Bonchev–Trinajstić information content (AvgIpc) is 2.44. The third-order valence-electron chi connectivity index (χ3n) is 4.00. The van der Waals surface area contributed by atoms with Gasteiger partial charge in [-0.2, -0.15) is 0 Å². The molecule has 1 aromatic carbocycles. The zero-order chi connectivity index (χ0) is 13.6. The molecule has 2 nitrogen and oxygen atoms in total. The minimum absolute atomic E-state index is 0.0955. The van der Waals surface area contributed by atoms with Crippen molar-refractivity contribution in [3.8, 4) is 0 Å². The largest absolute Gasteiger partial charge is 0.311 e. The molecule has 102 valence electrons. The van der Waals surface area contributed by atoms with E-state index in [1.165, 1.54) is 5.56 Å². The van der Waals surface area contributed by atoms with Gasteiger partial charge in [-0.15, -0.1) is 6.58 Å². The summed E-state index contributed by atoms with van der Waals surface area (Å²) in [6.07, 6.45) is 7.28. The summed E-state index contributed by atoms with van der Waals surface area (Å²) in [5, 5.41) is 3.68. The number of Topliss-reactive ketones (excluding diaryl/α,β-unsaturated/α-hetero) is 1. The van der Waals surface area contributed by atoms with Crippen LogP contribution in [0.2, 0.25) is 0 Å². The summed E-state index contributed by atoms with van der Waals surface area (Å²) in [4.78, 5) is 11.5. The van der Waals surface area contributed by atoms with Gasteiger partial charge in [0.2, 0.25) is 0 Å². The molecule has 0 saturated heterocycles. The molecule has 0 aromatic heterocycles. The topological polar surface area (TPSA) is 29.1 Å². The van der Waals surface area contributed by atoms with Crippen LogP contribution in [-0.4, -0.2) is 17.9 Å². The van der Waals surface area contributed by atoms with Crippen LogP contribution in [0.3, 0.4) is 0 Å². The highest BCUT2D eigenvalue weighted by molar-refractivity contribution is 5.79. The van der Waals surface area contributed by atoms with E-state index in [-0.39, 0.29) is 5.54 Å². The maximum absolute atomic E-state index is 11.5. The molecule has 0 unspecified atom stereocenters. The van der Waals surface area contributed by atoms with Gasteiger partial charge in [0.25, 0.3) is 0 Å². The van der Waals surface area contributed by atoms with Crippen molar-refractivity contribution in [2.75, 3.05) is 6.54 Å². The van der Waals surface area contributed by atoms with E-state index in [0.29, 0.717) is 18.6 Å². The SMILES string of the molecule is C=CCCNC1(Cc2ccccc2)CCC(=O)CC1. The number of hydrogen-bond acceptors (Lipinski definition) is 2. The van der Waals surface area contributed by atoms with E-state index in [4.69, 9.17) is 0 Å². The Morgan fingerprint density at radius 1 is 1.21 bits per heavy atom. The van der Waals surface area contributed by atoms with Gasteiger partial charge >= 0.3 is 0 Å². The Kier molecular flexibility index (Phi) is 4.92. The first-order valence-corrected chi connectivity index (χ1v) is 7.16. The Morgan fingerprint density at radius 3 is 2.53 bits per heavy atom. The molecule has 0 spiro atoms. The Bertz CT molecular complexity index is 414. The van der Waals surface area contributed by atoms with E-state index >= 15 is 0 Å². The predicted octanol–water partition coefficient (Wildman–Crippen LogP) is 3.28. The molecule has 0 amide bonds. The van der Waals surface area contributed by atoms with Gasteiger partial charge in [-0.1, -0.05) is 36.4 Å². The first kappa shape index (κ1) is 14.0. The first-order valence-electron chi connectivity index (χ1n) is 7.16. The summed E-state index contributed by atoms with van der Waals surface area (Å²) in [5.41, 5.74) is 1.45. The Morgan fingerprint density at radius 2 is 1.89 bits per heavy atom. The average molecular weight is 257 g/mol. The highest BCUT2D eigenvalue weighted by Crippen LogP contribution is 2.30. The first-order chi connectivity index (χ1) is 9.24. The molecule has 1 N–H and O–H groups in total. The maximum atomic E-state index is 11.5. The standard InChI is InChI=1S/C17H23NO/c1-2-3-13-18-17(11-9-16(19)10-12-17)14-15-7-5-4-6-8-15/h2,4-8,18H,1,3,9-14H2. The van der Waals surface area contributed by atoms with Crippen molar-refractivity contribution in [3.05, 3.63) is 48.6 Å². The van der Waals surface area contributed by atoms with E-state index in [2.05, 4.69) is 36.2 Å². The van der Waals surface area contributed by atoms with Crippen LogP contribution >= 0.6 is 0 Å². The lowest BCUT2D eigenvalue weighted by atomic mass is 9.77. The van der Waals surface area contributed by atoms with Gasteiger partial charge < -0.3 is 5.32 Å². The smallest absolute Gasteiger partial charge is 0.133 e. The van der Waals surface area contributed by atoms with Gasteiger partial charge in [0.05, 0.1) is 0 Å². The van der Waals surface area contributed by atoms with Crippen LogP contribution in [0.25, 0.3) is 0 Å². The molecule has 2 heteroatoms. The molecule has 2 rings (SSSR count). The number of ketones is 1. The van der Waals surface area contributed by atoms with E-state index in [0.717, 1.165) is 32.2 Å². The quantitative estimate of drug-likeness (QED) is 0.626. The van der Waals surface area contributed by atoms with Crippen LogP contribution in [0, 0.1) is 0 Å². The Hall–Kier alpha value is -1.41. The minimum atomic E-state index is 0.0955. The van der Waals surface area contributed by atoms with Crippen LogP contribution < -0.4 is 5.32 Å². The molecule has 0 atom stereocenters. The van der Waals surface area contributed by atoms with Crippen molar-refractivity contribution in [1.29, 1.82) is 0 Å². The van der Waals surface area contributed by atoms with Crippen molar-refractivity contribution >= 4 is 5.78 Å². The minimum Gasteiger partial charge on any atom is -0.311 e. The van der Waals surface area contributed by atoms with E-state index in [1.807, 2.05) is 12.1 Å². The molecule has 0 radical (unpaired) electrons. The van der Waals surface area contributed by atoms with Crippen molar-refractivity contribution < 1.29 is 4.79 Å². The van der Waals surface area contributed by atoms with Crippen LogP contribution in [0.1, 0.15) is 37.7 Å². The lowest BCUT2D eigenvalue weighted by molar-refractivity contribution is -0.121. The molecule has 1 saturated carbocycles. The van der Waals surface area contributed by atoms with E-state index in [1.54, 1.807) is 0 Å². The zero-order valence-corrected chi connectivity index (χ0v) is 11.5. The van der Waals surface area contributed by atoms with Gasteiger partial charge in [0.1, 0.15) is 5.78 Å². The van der Waals surface area contributed by atoms with Crippen molar-refractivity contribution in [1.82, 2.24) is 5.32 Å². The Labute approximate surface area is 115 Å². The molecule has 0 bridgehead atoms. The van der Waals surface area contributed by atoms with Gasteiger partial charge in [0, 0.05) is 18.4 Å². The summed E-state index contributed by atoms with van der Waals surface area (Å²) in [7, 11) is 0. The summed E-state index contributed by atoms with van der Waals surface area (Å²) in [6.45, 7) is 4.72. The summed E-state index contributed by atoms with van der Waals surface area (Å²) in [5.74, 6) is 0.411. The summed E-state index contributed by atoms with van der Waals surface area (Å²) >= 11 is 0. The fourth-order valence-corrected chi connectivity index (χ4v) is 2.85. The van der Waals surface area contributed by atoms with Gasteiger partial charge in [0.15, 0.2) is 0 Å². The van der Waals surface area contributed by atoms with Crippen LogP contribution in [0.4, 0.5) is 0 Å². The Balaban J connectivity index is 2.05. The monoisotopic (exact) mass is 257 g/mol. The maximum Gasteiger partial charge on any atom is 0.133 e. The second-order valence-electron chi connectivity index (χ2n) is 5.49. The lowest BCUT2D eigenvalue weighted by Crippen LogP contribution is -2.50. The molecule has 1 fully saturated rings. The summed E-state index contributed by atoms with van der Waals surface area (Å²) < 4.78 is 0. The molecular formula is C17H23NO. The molecule has 1 aromatic rings. The molecule has 0 heterocycles. The van der Waals surface area contributed by atoms with Crippen molar-refractivity contribution in [2.45, 2.75) is 44.1 Å². The normalized spacial score (nSPS) is 18.2. The number of nitrogens with one attached hydrogen (secondary N) is 1. The molecule has 19 heavy (non-hydrogen) atoms. The number of carbonyl (C=O) groups is 1. The van der Waals surface area contributed by atoms with Crippen LogP contribution in [0.5, 0.6) is 0 Å². The number of carbonyl (C=O) groups excluding carboxylic acids is 1. The van der Waals surface area contributed by atoms with E-state index < -0.39 is 0 Å². The van der Waals surface area contributed by atoms with Gasteiger partial charge in [-0.25, -0.2) is 0 Å². The van der Waals surface area contributed by atoms with Crippen molar-refractivity contribution in [2.24, 2.45) is 0 Å². The fraction of sp³-hybridized carbons (Fsp3) is 0.471. The molecule has 1 aliphatic rings. The third kappa shape index (κ3) is 4.03. The van der Waals surface area contributed by atoms with E-state index in [9.17, 15) is 4.79 Å². The third-order valence-corrected chi connectivity index (χ3v) is 4.00. The van der Waals surface area contributed by atoms with Crippen molar-refractivity contribution in [3.63, 3.8) is 0 Å². The fourth-order valence-electron chi connectivity index (χ4n) is 2.85. The number of benzene rings is 1. The molecular weight excluding hydrogens is 234 g/mol. The number of rotatable bonds is 6. The van der Waals surface area contributed by atoms with Crippen LogP contribution in [-0.2, 0) is 11.2 Å². The van der Waals surface area contributed by atoms with Crippen LogP contribution in [0.15, 0.2) is 43.0 Å². The second-order valence-corrected chi connectivity index (χ2v) is 5.49. The zero-order valence-electron chi connectivity index (χ0n) is 11.5. The highest BCUT2D eigenvalue weighted by Gasteiger charge is 2.33. The number of hydrogen-bond donors (Lipinski definition) is 1.